The largest absolute Gasteiger partial charge is 0.368 e. The van der Waals surface area contributed by atoms with Gasteiger partial charge in [-0.2, -0.15) is 0 Å². The van der Waals surface area contributed by atoms with Crippen molar-refractivity contribution in [1.29, 1.82) is 0 Å². The number of nitrogens with zero attached hydrogens (tertiary/aromatic N) is 5. The third-order valence-corrected chi connectivity index (χ3v) is 6.51. The SMILES string of the molecule is O=C(c1cc([N+](=O)[O-])ccc1Cl)N1CCN(c2ccc([N+](=O)[O-])c(N3CCCCC3)c2)CC1. The van der Waals surface area contributed by atoms with Crippen molar-refractivity contribution in [3.63, 3.8) is 0 Å². The van der Waals surface area contributed by atoms with E-state index in [1.165, 1.54) is 18.2 Å². The van der Waals surface area contributed by atoms with Crippen LogP contribution < -0.4 is 9.80 Å². The van der Waals surface area contributed by atoms with Gasteiger partial charge in [0.15, 0.2) is 0 Å². The molecule has 11 heteroatoms. The van der Waals surface area contributed by atoms with Crippen LogP contribution in [0.3, 0.4) is 0 Å². The molecule has 2 aliphatic rings. The van der Waals surface area contributed by atoms with Gasteiger partial charge in [-0.15, -0.1) is 0 Å². The summed E-state index contributed by atoms with van der Waals surface area (Å²) in [6.07, 6.45) is 3.17. The van der Waals surface area contributed by atoms with E-state index in [9.17, 15) is 25.0 Å². The van der Waals surface area contributed by atoms with Crippen LogP contribution >= 0.6 is 11.6 Å². The van der Waals surface area contributed by atoms with E-state index >= 15 is 0 Å². The molecule has 10 nitrogen and oxygen atoms in total. The summed E-state index contributed by atoms with van der Waals surface area (Å²) in [4.78, 5) is 40.5. The van der Waals surface area contributed by atoms with Gasteiger partial charge in [0, 0.05) is 63.2 Å². The van der Waals surface area contributed by atoms with Gasteiger partial charge in [-0.25, -0.2) is 0 Å². The summed E-state index contributed by atoms with van der Waals surface area (Å²) < 4.78 is 0. The maximum absolute atomic E-state index is 12.9. The Hall–Kier alpha value is -3.40. The van der Waals surface area contributed by atoms with Crippen LogP contribution in [0.1, 0.15) is 29.6 Å². The van der Waals surface area contributed by atoms with Crippen LogP contribution in [0.25, 0.3) is 0 Å². The molecule has 0 bridgehead atoms. The third-order valence-electron chi connectivity index (χ3n) is 6.18. The van der Waals surface area contributed by atoms with Gasteiger partial charge in [-0.3, -0.25) is 25.0 Å². The molecule has 2 fully saturated rings. The molecular weight excluding hydrogens is 450 g/mol. The van der Waals surface area contributed by atoms with Crippen LogP contribution in [0.5, 0.6) is 0 Å². The lowest BCUT2D eigenvalue weighted by Crippen LogP contribution is -2.49. The number of piperazine rings is 1. The van der Waals surface area contributed by atoms with Gasteiger partial charge in [-0.05, 0) is 37.5 Å². The fraction of sp³-hybridized carbons (Fsp3) is 0.409. The number of rotatable bonds is 5. The van der Waals surface area contributed by atoms with Gasteiger partial charge in [-0.1, -0.05) is 11.6 Å². The molecule has 2 aliphatic heterocycles. The van der Waals surface area contributed by atoms with Crippen molar-refractivity contribution in [3.8, 4) is 0 Å². The van der Waals surface area contributed by atoms with Crippen LogP contribution in [0.4, 0.5) is 22.7 Å². The second-order valence-corrected chi connectivity index (χ2v) is 8.59. The summed E-state index contributed by atoms with van der Waals surface area (Å²) in [7, 11) is 0. The molecule has 2 saturated heterocycles. The first-order valence-corrected chi connectivity index (χ1v) is 11.2. The number of piperidine rings is 1. The minimum absolute atomic E-state index is 0.106. The zero-order valence-electron chi connectivity index (χ0n) is 18.0. The first kappa shape index (κ1) is 22.8. The Labute approximate surface area is 195 Å². The molecule has 0 atom stereocenters. The van der Waals surface area contributed by atoms with Crippen LogP contribution in [0.15, 0.2) is 36.4 Å². The van der Waals surface area contributed by atoms with Gasteiger partial charge in [0.25, 0.3) is 17.3 Å². The molecule has 0 aromatic heterocycles. The number of amides is 1. The highest BCUT2D eigenvalue weighted by Gasteiger charge is 2.27. The second-order valence-electron chi connectivity index (χ2n) is 8.18. The Morgan fingerprint density at radius 1 is 0.818 bits per heavy atom. The minimum atomic E-state index is -0.556. The Morgan fingerprint density at radius 3 is 2.15 bits per heavy atom. The molecular formula is C22H24ClN5O5. The second kappa shape index (κ2) is 9.62. The van der Waals surface area contributed by atoms with Crippen molar-refractivity contribution in [2.24, 2.45) is 0 Å². The summed E-state index contributed by atoms with van der Waals surface area (Å²) in [6.45, 7) is 3.50. The van der Waals surface area contributed by atoms with E-state index in [0.717, 1.165) is 38.0 Å². The number of carbonyl (C=O) groups is 1. The number of nitro benzene ring substituents is 2. The average Bonchev–Trinajstić information content (AvgIpc) is 2.84. The number of halogens is 1. The zero-order valence-corrected chi connectivity index (χ0v) is 18.7. The van der Waals surface area contributed by atoms with Crippen LogP contribution in [-0.4, -0.2) is 59.9 Å². The number of carbonyl (C=O) groups excluding carboxylic acids is 1. The van der Waals surface area contributed by atoms with Crippen molar-refractivity contribution in [3.05, 3.63) is 67.2 Å². The van der Waals surface area contributed by atoms with Gasteiger partial charge >= 0.3 is 0 Å². The van der Waals surface area contributed by atoms with Gasteiger partial charge in [0.2, 0.25) is 0 Å². The van der Waals surface area contributed by atoms with E-state index in [-0.39, 0.29) is 32.8 Å². The lowest BCUT2D eigenvalue weighted by atomic mass is 10.1. The summed E-state index contributed by atoms with van der Waals surface area (Å²) in [5.74, 6) is -0.346. The van der Waals surface area contributed by atoms with Crippen LogP contribution in [0, 0.1) is 20.2 Å². The number of benzene rings is 2. The van der Waals surface area contributed by atoms with E-state index in [4.69, 9.17) is 11.6 Å². The Balaban J connectivity index is 1.49. The fourth-order valence-electron chi connectivity index (χ4n) is 4.38. The van der Waals surface area contributed by atoms with Crippen LogP contribution in [0.2, 0.25) is 5.02 Å². The molecule has 0 radical (unpaired) electrons. The lowest BCUT2D eigenvalue weighted by molar-refractivity contribution is -0.384. The molecule has 33 heavy (non-hydrogen) atoms. The summed E-state index contributed by atoms with van der Waals surface area (Å²) in [5.41, 5.74) is 1.55. The molecule has 0 spiro atoms. The Kier molecular flexibility index (Phi) is 6.64. The smallest absolute Gasteiger partial charge is 0.292 e. The highest BCUT2D eigenvalue weighted by atomic mass is 35.5. The van der Waals surface area contributed by atoms with Crippen molar-refractivity contribution in [1.82, 2.24) is 4.90 Å². The highest BCUT2D eigenvalue weighted by Crippen LogP contribution is 2.34. The van der Waals surface area contributed by atoms with Gasteiger partial charge < -0.3 is 14.7 Å². The number of nitro groups is 2. The molecule has 0 N–H and O–H groups in total. The Bertz CT molecular complexity index is 1080. The van der Waals surface area contributed by atoms with Gasteiger partial charge in [0.05, 0.1) is 20.4 Å². The third kappa shape index (κ3) is 4.85. The maximum Gasteiger partial charge on any atom is 0.292 e. The predicted octanol–water partition coefficient (Wildman–Crippen LogP) is 4.11. The summed E-state index contributed by atoms with van der Waals surface area (Å²) in [6, 6.07) is 9.02. The molecule has 2 aromatic carbocycles. The number of non-ortho nitro benzene ring substituents is 1. The molecule has 0 saturated carbocycles. The molecule has 1 amide bonds. The quantitative estimate of drug-likeness (QED) is 0.474. The summed E-state index contributed by atoms with van der Waals surface area (Å²) >= 11 is 6.13. The van der Waals surface area contributed by atoms with Crippen molar-refractivity contribution in [2.75, 3.05) is 49.1 Å². The molecule has 2 aromatic rings. The highest BCUT2D eigenvalue weighted by molar-refractivity contribution is 6.33. The molecule has 2 heterocycles. The lowest BCUT2D eigenvalue weighted by Gasteiger charge is -2.37. The molecule has 0 aliphatic carbocycles. The minimum Gasteiger partial charge on any atom is -0.368 e. The standard InChI is InChI=1S/C22H24ClN5O5/c23-19-6-4-17(27(30)31)14-18(19)22(29)26-12-10-24(11-13-26)16-5-7-20(28(32)33)21(15-16)25-8-2-1-3-9-25/h4-7,14-15H,1-3,8-13H2. The van der Waals surface area contributed by atoms with Gasteiger partial charge in [0.1, 0.15) is 5.69 Å². The first-order chi connectivity index (χ1) is 15.8. The van der Waals surface area contributed by atoms with E-state index < -0.39 is 4.92 Å². The van der Waals surface area contributed by atoms with E-state index in [2.05, 4.69) is 9.80 Å². The number of hydrogen-bond acceptors (Lipinski definition) is 7. The van der Waals surface area contributed by atoms with E-state index in [0.29, 0.717) is 31.9 Å². The monoisotopic (exact) mass is 473 g/mol. The summed E-state index contributed by atoms with van der Waals surface area (Å²) in [5, 5.41) is 22.8. The zero-order chi connectivity index (χ0) is 23.5. The Morgan fingerprint density at radius 2 is 1.52 bits per heavy atom. The average molecular weight is 474 g/mol. The van der Waals surface area contributed by atoms with Crippen LogP contribution in [-0.2, 0) is 0 Å². The van der Waals surface area contributed by atoms with Crippen molar-refractivity contribution >= 4 is 40.3 Å². The fourth-order valence-corrected chi connectivity index (χ4v) is 4.58. The molecule has 4 rings (SSSR count). The maximum atomic E-state index is 12.9. The van der Waals surface area contributed by atoms with Crippen molar-refractivity contribution in [2.45, 2.75) is 19.3 Å². The predicted molar refractivity (Wildman–Crippen MR) is 125 cm³/mol. The normalized spacial score (nSPS) is 16.6. The van der Waals surface area contributed by atoms with E-state index in [1.807, 2.05) is 6.07 Å². The molecule has 0 unspecified atom stereocenters. The molecule has 174 valence electrons. The topological polar surface area (TPSA) is 113 Å². The number of hydrogen-bond donors (Lipinski definition) is 0. The number of anilines is 2. The van der Waals surface area contributed by atoms with Crippen molar-refractivity contribution < 1.29 is 14.6 Å². The van der Waals surface area contributed by atoms with E-state index in [1.54, 1.807) is 17.0 Å². The first-order valence-electron chi connectivity index (χ1n) is 10.9.